The van der Waals surface area contributed by atoms with Gasteiger partial charge < -0.3 is 11.1 Å². The van der Waals surface area contributed by atoms with E-state index in [1.807, 2.05) is 6.92 Å². The third kappa shape index (κ3) is 4.14. The Hall–Kier alpha value is -1.43. The minimum atomic E-state index is -0.915. The Labute approximate surface area is 102 Å². The molecule has 0 spiro atoms. The van der Waals surface area contributed by atoms with Crippen molar-refractivity contribution in [1.82, 2.24) is 5.32 Å². The number of nitrogens with one attached hydrogen (secondary N) is 1. The highest BCUT2D eigenvalue weighted by Gasteiger charge is 2.09. The maximum absolute atomic E-state index is 12.8. The van der Waals surface area contributed by atoms with Crippen molar-refractivity contribution in [1.29, 1.82) is 0 Å². The van der Waals surface area contributed by atoms with E-state index in [1.54, 1.807) is 0 Å². The number of anilines is 1. The van der Waals surface area contributed by atoms with Gasteiger partial charge in [-0.15, -0.1) is 0 Å². The third-order valence-corrected chi connectivity index (χ3v) is 3.50. The summed E-state index contributed by atoms with van der Waals surface area (Å²) in [4.78, 5) is 11.6. The van der Waals surface area contributed by atoms with Crippen LogP contribution in [0.4, 0.5) is 10.1 Å². The summed E-state index contributed by atoms with van der Waals surface area (Å²) in [5.41, 5.74) is 5.85. The third-order valence-electron chi connectivity index (χ3n) is 2.20. The van der Waals surface area contributed by atoms with Gasteiger partial charge in [0.25, 0.3) is 5.91 Å². The van der Waals surface area contributed by atoms with Crippen LogP contribution in [0.3, 0.4) is 0 Å². The number of carbonyl (C=O) groups is 1. The van der Waals surface area contributed by atoms with Crippen LogP contribution >= 0.6 is 0 Å². The van der Waals surface area contributed by atoms with Gasteiger partial charge in [-0.25, -0.2) is 4.39 Å². The first kappa shape index (κ1) is 13.6. The molecule has 0 saturated heterocycles. The van der Waals surface area contributed by atoms with E-state index in [1.165, 1.54) is 12.1 Å². The summed E-state index contributed by atoms with van der Waals surface area (Å²) in [5, 5.41) is 2.59. The lowest BCUT2D eigenvalue weighted by atomic mass is 10.1. The molecule has 1 atom stereocenters. The fourth-order valence-corrected chi connectivity index (χ4v) is 1.88. The van der Waals surface area contributed by atoms with Crippen LogP contribution in [0.1, 0.15) is 17.3 Å². The lowest BCUT2D eigenvalue weighted by molar-refractivity contribution is 0.0957. The Morgan fingerprint density at radius 2 is 2.24 bits per heavy atom. The molecule has 0 aliphatic heterocycles. The standard InChI is InChI=1S/C11H15FN2O2S/c1-2-17(16)6-5-14-11(15)9-4-3-8(12)7-10(9)13/h3-4,7H,2,5-6,13H2,1H3,(H,14,15). The molecule has 0 aliphatic carbocycles. The monoisotopic (exact) mass is 258 g/mol. The van der Waals surface area contributed by atoms with E-state index in [-0.39, 0.29) is 17.2 Å². The molecule has 94 valence electrons. The Kier molecular flexibility index (Phi) is 5.09. The van der Waals surface area contributed by atoms with Crippen LogP contribution < -0.4 is 11.1 Å². The molecule has 3 N–H and O–H groups in total. The van der Waals surface area contributed by atoms with Crippen molar-refractivity contribution in [2.24, 2.45) is 0 Å². The van der Waals surface area contributed by atoms with Crippen LogP contribution in [-0.2, 0) is 10.8 Å². The van der Waals surface area contributed by atoms with Crippen molar-refractivity contribution in [3.63, 3.8) is 0 Å². The molecule has 0 radical (unpaired) electrons. The van der Waals surface area contributed by atoms with Gasteiger partial charge in [-0.05, 0) is 18.2 Å². The average molecular weight is 258 g/mol. The first-order valence-electron chi connectivity index (χ1n) is 5.22. The van der Waals surface area contributed by atoms with Gasteiger partial charge in [-0.1, -0.05) is 6.92 Å². The van der Waals surface area contributed by atoms with Crippen molar-refractivity contribution >= 4 is 22.4 Å². The second-order valence-corrected chi connectivity index (χ2v) is 5.29. The molecule has 1 rings (SSSR count). The Morgan fingerprint density at radius 3 is 2.82 bits per heavy atom. The van der Waals surface area contributed by atoms with Gasteiger partial charge in [-0.2, -0.15) is 0 Å². The van der Waals surface area contributed by atoms with Crippen LogP contribution in [0.15, 0.2) is 18.2 Å². The number of hydrogen-bond acceptors (Lipinski definition) is 3. The van der Waals surface area contributed by atoms with E-state index in [2.05, 4.69) is 5.32 Å². The SMILES string of the molecule is CCS(=O)CCNC(=O)c1ccc(F)cc1N. The molecule has 17 heavy (non-hydrogen) atoms. The van der Waals surface area contributed by atoms with Crippen LogP contribution in [0.2, 0.25) is 0 Å². The number of benzene rings is 1. The Morgan fingerprint density at radius 1 is 1.53 bits per heavy atom. The molecule has 0 bridgehead atoms. The molecule has 1 aromatic carbocycles. The van der Waals surface area contributed by atoms with E-state index >= 15 is 0 Å². The first-order chi connectivity index (χ1) is 8.04. The molecule has 0 saturated carbocycles. The fraction of sp³-hybridized carbons (Fsp3) is 0.364. The zero-order valence-electron chi connectivity index (χ0n) is 9.53. The summed E-state index contributed by atoms with van der Waals surface area (Å²) in [5.74, 6) is 0.111. The van der Waals surface area contributed by atoms with Gasteiger partial charge in [0, 0.05) is 34.5 Å². The van der Waals surface area contributed by atoms with E-state index in [0.29, 0.717) is 18.1 Å². The summed E-state index contributed by atoms with van der Waals surface area (Å²) < 4.78 is 23.9. The predicted molar refractivity (Wildman–Crippen MR) is 66.7 cm³/mol. The minimum Gasteiger partial charge on any atom is -0.398 e. The highest BCUT2D eigenvalue weighted by molar-refractivity contribution is 7.84. The van der Waals surface area contributed by atoms with Crippen LogP contribution in [0, 0.1) is 5.82 Å². The van der Waals surface area contributed by atoms with Gasteiger partial charge in [0.1, 0.15) is 5.82 Å². The van der Waals surface area contributed by atoms with Crippen molar-refractivity contribution in [2.75, 3.05) is 23.8 Å². The van der Waals surface area contributed by atoms with E-state index < -0.39 is 16.6 Å². The van der Waals surface area contributed by atoms with Crippen molar-refractivity contribution in [2.45, 2.75) is 6.92 Å². The largest absolute Gasteiger partial charge is 0.398 e. The van der Waals surface area contributed by atoms with Gasteiger partial charge in [0.2, 0.25) is 0 Å². The smallest absolute Gasteiger partial charge is 0.253 e. The second kappa shape index (κ2) is 6.34. The molecule has 0 heterocycles. The zero-order chi connectivity index (χ0) is 12.8. The molecule has 1 amide bonds. The van der Waals surface area contributed by atoms with Crippen molar-refractivity contribution in [3.05, 3.63) is 29.6 Å². The van der Waals surface area contributed by atoms with Crippen molar-refractivity contribution in [3.8, 4) is 0 Å². The zero-order valence-corrected chi connectivity index (χ0v) is 10.3. The molecular weight excluding hydrogens is 243 g/mol. The summed E-state index contributed by atoms with van der Waals surface area (Å²) in [6.07, 6.45) is 0. The topological polar surface area (TPSA) is 72.2 Å². The molecule has 0 aliphatic rings. The quantitative estimate of drug-likeness (QED) is 0.771. The molecule has 1 unspecified atom stereocenters. The predicted octanol–water partition coefficient (Wildman–Crippen LogP) is 0.906. The van der Waals surface area contributed by atoms with Gasteiger partial charge in [0.15, 0.2) is 0 Å². The number of hydrogen-bond donors (Lipinski definition) is 2. The maximum Gasteiger partial charge on any atom is 0.253 e. The number of carbonyl (C=O) groups excluding carboxylic acids is 1. The first-order valence-corrected chi connectivity index (χ1v) is 6.71. The molecule has 0 aromatic heterocycles. The Balaban J connectivity index is 2.55. The van der Waals surface area contributed by atoms with E-state index in [0.717, 1.165) is 6.07 Å². The lowest BCUT2D eigenvalue weighted by Gasteiger charge is -2.07. The Bertz CT molecular complexity index is 437. The van der Waals surface area contributed by atoms with Gasteiger partial charge >= 0.3 is 0 Å². The van der Waals surface area contributed by atoms with Crippen LogP contribution in [0.25, 0.3) is 0 Å². The summed E-state index contributed by atoms with van der Waals surface area (Å²) in [7, 11) is -0.915. The van der Waals surface area contributed by atoms with E-state index in [4.69, 9.17) is 5.73 Å². The number of rotatable bonds is 5. The minimum absolute atomic E-state index is 0.0964. The van der Waals surface area contributed by atoms with Crippen LogP contribution in [-0.4, -0.2) is 28.2 Å². The average Bonchev–Trinajstić information content (AvgIpc) is 2.28. The van der Waals surface area contributed by atoms with E-state index in [9.17, 15) is 13.4 Å². The highest BCUT2D eigenvalue weighted by atomic mass is 32.2. The normalized spacial score (nSPS) is 12.1. The molecule has 6 heteroatoms. The highest BCUT2D eigenvalue weighted by Crippen LogP contribution is 2.12. The fourth-order valence-electron chi connectivity index (χ4n) is 1.26. The molecule has 4 nitrogen and oxygen atoms in total. The van der Waals surface area contributed by atoms with Gasteiger partial charge in [-0.3, -0.25) is 9.00 Å². The summed E-state index contributed by atoms with van der Waals surface area (Å²) in [6.45, 7) is 2.13. The van der Waals surface area contributed by atoms with Gasteiger partial charge in [0.05, 0.1) is 5.56 Å². The number of amides is 1. The second-order valence-electron chi connectivity index (χ2n) is 3.42. The van der Waals surface area contributed by atoms with Crippen molar-refractivity contribution < 1.29 is 13.4 Å². The summed E-state index contributed by atoms with van der Waals surface area (Å²) >= 11 is 0. The lowest BCUT2D eigenvalue weighted by Crippen LogP contribution is -2.28. The molecule has 0 fully saturated rings. The number of nitrogen functional groups attached to an aromatic ring is 1. The summed E-state index contributed by atoms with van der Waals surface area (Å²) in [6, 6.07) is 3.60. The maximum atomic E-state index is 12.8. The molecular formula is C11H15FN2O2S. The van der Waals surface area contributed by atoms with Crippen LogP contribution in [0.5, 0.6) is 0 Å². The number of nitrogens with two attached hydrogens (primary N) is 1. The number of halogens is 1. The molecule has 1 aromatic rings.